The molecule has 7 nitrogen and oxygen atoms in total. The number of carbonyl (C=O) groups is 1. The minimum absolute atomic E-state index is 0.0529. The van der Waals surface area contributed by atoms with E-state index in [1.807, 2.05) is 6.07 Å². The summed E-state index contributed by atoms with van der Waals surface area (Å²) < 4.78 is 13.3. The van der Waals surface area contributed by atoms with Crippen molar-refractivity contribution in [1.29, 1.82) is 0 Å². The molecule has 30 heavy (non-hydrogen) atoms. The van der Waals surface area contributed by atoms with Crippen LogP contribution in [0.25, 0.3) is 0 Å². The number of aromatic nitrogens is 2. The first-order valence-corrected chi connectivity index (χ1v) is 10.5. The van der Waals surface area contributed by atoms with Crippen LogP contribution in [0.5, 0.6) is 0 Å². The van der Waals surface area contributed by atoms with Crippen LogP contribution in [0.4, 0.5) is 21.7 Å². The summed E-state index contributed by atoms with van der Waals surface area (Å²) in [6, 6.07) is 7.06. The average Bonchev–Trinajstić information content (AvgIpc) is 2.71. The number of halogens is 2. The van der Waals surface area contributed by atoms with Gasteiger partial charge in [0.05, 0.1) is 5.02 Å². The summed E-state index contributed by atoms with van der Waals surface area (Å²) >= 11 is 5.83. The molecule has 0 saturated heterocycles. The molecule has 3 N–H and O–H groups in total. The first-order valence-electron chi connectivity index (χ1n) is 10.1. The molecule has 1 fully saturated rings. The Labute approximate surface area is 180 Å². The SMILES string of the molecule is CN(CCCC(=O)O)[C@H]1CC[C@H](Nc2cc(Nc3ccc(F)c(Cl)c3)ncn2)CC1. The molecule has 9 heteroatoms. The van der Waals surface area contributed by atoms with Crippen LogP contribution in [0.3, 0.4) is 0 Å². The molecule has 0 radical (unpaired) electrons. The quantitative estimate of drug-likeness (QED) is 0.533. The molecule has 0 bridgehead atoms. The van der Waals surface area contributed by atoms with E-state index >= 15 is 0 Å². The standard InChI is InChI=1S/C21H27ClFN5O2/c1-28(10-2-3-21(29)30)16-7-4-14(5-8-16)26-19-12-20(25-13-24-19)27-15-6-9-18(23)17(22)11-15/h6,9,11-14,16H,2-5,7-8,10H2,1H3,(H,29,30)(H2,24,25,26,27)/t14-,16-. The number of rotatable bonds is 9. The number of anilines is 3. The van der Waals surface area contributed by atoms with Crippen molar-refractivity contribution in [3.63, 3.8) is 0 Å². The van der Waals surface area contributed by atoms with Crippen molar-refractivity contribution < 1.29 is 14.3 Å². The van der Waals surface area contributed by atoms with Gasteiger partial charge in [0, 0.05) is 30.3 Å². The zero-order valence-corrected chi connectivity index (χ0v) is 17.7. The van der Waals surface area contributed by atoms with Crippen molar-refractivity contribution in [1.82, 2.24) is 14.9 Å². The highest BCUT2D eigenvalue weighted by atomic mass is 35.5. The maximum Gasteiger partial charge on any atom is 0.303 e. The molecular weight excluding hydrogens is 409 g/mol. The monoisotopic (exact) mass is 435 g/mol. The number of hydrogen-bond acceptors (Lipinski definition) is 6. The molecule has 0 spiro atoms. The molecule has 1 aliphatic rings. The highest BCUT2D eigenvalue weighted by molar-refractivity contribution is 6.31. The van der Waals surface area contributed by atoms with Crippen LogP contribution in [0.15, 0.2) is 30.6 Å². The Morgan fingerprint density at radius 2 is 1.97 bits per heavy atom. The second-order valence-corrected chi connectivity index (χ2v) is 8.08. The molecular formula is C21H27ClFN5O2. The van der Waals surface area contributed by atoms with E-state index in [1.165, 1.54) is 18.5 Å². The number of nitrogens with zero attached hydrogens (tertiary/aromatic N) is 3. The van der Waals surface area contributed by atoms with Gasteiger partial charge >= 0.3 is 5.97 Å². The minimum Gasteiger partial charge on any atom is -0.481 e. The van der Waals surface area contributed by atoms with Crippen molar-refractivity contribution in [3.05, 3.63) is 41.4 Å². The maximum absolute atomic E-state index is 13.3. The second-order valence-electron chi connectivity index (χ2n) is 7.67. The van der Waals surface area contributed by atoms with E-state index in [0.717, 1.165) is 38.0 Å². The average molecular weight is 436 g/mol. The maximum atomic E-state index is 13.3. The van der Waals surface area contributed by atoms with Crippen LogP contribution >= 0.6 is 11.6 Å². The number of nitrogens with one attached hydrogen (secondary N) is 2. The Morgan fingerprint density at radius 3 is 2.67 bits per heavy atom. The van der Waals surface area contributed by atoms with E-state index in [1.54, 1.807) is 6.07 Å². The lowest BCUT2D eigenvalue weighted by atomic mass is 9.90. The summed E-state index contributed by atoms with van der Waals surface area (Å²) in [4.78, 5) is 21.5. The first kappa shape index (κ1) is 22.2. The topological polar surface area (TPSA) is 90.4 Å². The van der Waals surface area contributed by atoms with Gasteiger partial charge in [-0.15, -0.1) is 0 Å². The fraction of sp³-hybridized carbons (Fsp3) is 0.476. The van der Waals surface area contributed by atoms with E-state index < -0.39 is 11.8 Å². The third kappa shape index (κ3) is 6.53. The summed E-state index contributed by atoms with van der Waals surface area (Å²) in [7, 11) is 2.07. The fourth-order valence-corrected chi connectivity index (χ4v) is 3.94. The van der Waals surface area contributed by atoms with Gasteiger partial charge in [0.15, 0.2) is 0 Å². The first-order chi connectivity index (χ1) is 14.4. The number of aliphatic carboxylic acids is 1. The predicted molar refractivity (Wildman–Crippen MR) is 116 cm³/mol. The highest BCUT2D eigenvalue weighted by Crippen LogP contribution is 2.26. The molecule has 0 unspecified atom stereocenters. The Kier molecular flexibility index (Phi) is 7.81. The van der Waals surface area contributed by atoms with E-state index in [2.05, 4.69) is 32.5 Å². The van der Waals surface area contributed by atoms with Crippen LogP contribution in [0.2, 0.25) is 5.02 Å². The predicted octanol–water partition coefficient (Wildman–Crippen LogP) is 4.53. The molecule has 162 valence electrons. The zero-order chi connectivity index (χ0) is 21.5. The normalized spacial score (nSPS) is 18.9. The van der Waals surface area contributed by atoms with Gasteiger partial charge in [-0.1, -0.05) is 11.6 Å². The summed E-state index contributed by atoms with van der Waals surface area (Å²) in [5.41, 5.74) is 0.650. The third-order valence-electron chi connectivity index (χ3n) is 5.43. The molecule has 1 aromatic heterocycles. The molecule has 0 aliphatic heterocycles. The Balaban J connectivity index is 1.48. The van der Waals surface area contributed by atoms with Crippen molar-refractivity contribution in [2.24, 2.45) is 0 Å². The summed E-state index contributed by atoms with van der Waals surface area (Å²) in [5, 5.41) is 15.4. The minimum atomic E-state index is -0.738. The Bertz CT molecular complexity index is 861. The van der Waals surface area contributed by atoms with E-state index in [4.69, 9.17) is 16.7 Å². The van der Waals surface area contributed by atoms with Gasteiger partial charge in [-0.3, -0.25) is 4.79 Å². The highest BCUT2D eigenvalue weighted by Gasteiger charge is 2.24. The number of carboxylic acids is 1. The molecule has 0 atom stereocenters. The van der Waals surface area contributed by atoms with Crippen LogP contribution in [0, 0.1) is 5.82 Å². The zero-order valence-electron chi connectivity index (χ0n) is 16.9. The molecule has 1 aliphatic carbocycles. The lowest BCUT2D eigenvalue weighted by molar-refractivity contribution is -0.137. The van der Waals surface area contributed by atoms with Crippen LogP contribution in [-0.2, 0) is 4.79 Å². The number of hydrogen-bond donors (Lipinski definition) is 3. The van der Waals surface area contributed by atoms with Gasteiger partial charge in [0.1, 0.15) is 23.8 Å². The van der Waals surface area contributed by atoms with Crippen LogP contribution in [-0.4, -0.2) is 51.6 Å². The van der Waals surface area contributed by atoms with Crippen molar-refractivity contribution in [2.75, 3.05) is 24.2 Å². The third-order valence-corrected chi connectivity index (χ3v) is 5.72. The lowest BCUT2D eigenvalue weighted by Gasteiger charge is -2.35. The second kappa shape index (κ2) is 10.5. The van der Waals surface area contributed by atoms with Gasteiger partial charge in [-0.2, -0.15) is 0 Å². The Hall–Kier alpha value is -2.45. The Morgan fingerprint density at radius 1 is 1.23 bits per heavy atom. The lowest BCUT2D eigenvalue weighted by Crippen LogP contribution is -2.39. The van der Waals surface area contributed by atoms with Gasteiger partial charge in [0.2, 0.25) is 0 Å². The van der Waals surface area contributed by atoms with E-state index in [-0.39, 0.29) is 11.4 Å². The van der Waals surface area contributed by atoms with Crippen molar-refractivity contribution in [3.8, 4) is 0 Å². The molecule has 1 heterocycles. The summed E-state index contributed by atoms with van der Waals surface area (Å²) in [6.07, 6.45) is 6.55. The van der Waals surface area contributed by atoms with Gasteiger partial charge in [-0.25, -0.2) is 14.4 Å². The van der Waals surface area contributed by atoms with E-state index in [9.17, 15) is 9.18 Å². The van der Waals surface area contributed by atoms with Crippen molar-refractivity contribution >= 4 is 34.9 Å². The number of carboxylic acid groups (broad SMARTS) is 1. The molecule has 0 amide bonds. The fourth-order valence-electron chi connectivity index (χ4n) is 3.76. The van der Waals surface area contributed by atoms with Crippen molar-refractivity contribution in [2.45, 2.75) is 50.6 Å². The molecule has 1 saturated carbocycles. The van der Waals surface area contributed by atoms with E-state index in [0.29, 0.717) is 30.0 Å². The van der Waals surface area contributed by atoms with Crippen LogP contribution in [0.1, 0.15) is 38.5 Å². The molecule has 1 aromatic carbocycles. The van der Waals surface area contributed by atoms with Gasteiger partial charge in [0.25, 0.3) is 0 Å². The number of benzene rings is 1. The van der Waals surface area contributed by atoms with Gasteiger partial charge < -0.3 is 20.6 Å². The smallest absolute Gasteiger partial charge is 0.303 e. The van der Waals surface area contributed by atoms with Crippen LogP contribution < -0.4 is 10.6 Å². The molecule has 2 aromatic rings. The van der Waals surface area contributed by atoms with Gasteiger partial charge in [-0.05, 0) is 63.9 Å². The summed E-state index contributed by atoms with van der Waals surface area (Å²) in [5.74, 6) is 0.133. The molecule has 3 rings (SSSR count). The summed E-state index contributed by atoms with van der Waals surface area (Å²) in [6.45, 7) is 0.809. The largest absolute Gasteiger partial charge is 0.481 e.